The first-order valence-corrected chi connectivity index (χ1v) is 12.3. The van der Waals surface area contributed by atoms with Gasteiger partial charge in [-0.05, 0) is 62.1 Å². The third-order valence-electron chi connectivity index (χ3n) is 5.86. The second-order valence-electron chi connectivity index (χ2n) is 7.93. The highest BCUT2D eigenvalue weighted by molar-refractivity contribution is 7.96. The summed E-state index contributed by atoms with van der Waals surface area (Å²) in [5, 5.41) is 9.37. The second-order valence-corrected chi connectivity index (χ2v) is 8.63. The van der Waals surface area contributed by atoms with Crippen LogP contribution < -0.4 is 14.9 Å². The van der Waals surface area contributed by atoms with E-state index in [1.807, 2.05) is 23.0 Å². The van der Waals surface area contributed by atoms with Gasteiger partial charge in [0, 0.05) is 30.4 Å². The fraction of sp³-hybridized carbons (Fsp3) is 0.500. The first kappa shape index (κ1) is 23.4. The summed E-state index contributed by atoms with van der Waals surface area (Å²) in [5.74, 6) is -0.322. The lowest BCUT2D eigenvalue weighted by Crippen LogP contribution is -2.20. The molecule has 7 heteroatoms. The maximum atomic E-state index is 12.4. The summed E-state index contributed by atoms with van der Waals surface area (Å²) in [7, 11) is 0. The van der Waals surface area contributed by atoms with Crippen molar-refractivity contribution in [2.45, 2.75) is 57.9 Å². The number of hydrogen-bond acceptors (Lipinski definition) is 5. The van der Waals surface area contributed by atoms with Crippen LogP contribution in [0.4, 0.5) is 0 Å². The predicted molar refractivity (Wildman–Crippen MR) is 126 cm³/mol. The third kappa shape index (κ3) is 5.92. The van der Waals surface area contributed by atoms with E-state index in [1.54, 1.807) is 11.9 Å². The van der Waals surface area contributed by atoms with Crippen LogP contribution in [-0.4, -0.2) is 35.1 Å². The van der Waals surface area contributed by atoms with Crippen molar-refractivity contribution in [3.8, 4) is 17.0 Å². The standard InChI is InChI=1S/C24H32N2O4S/c1-3-18-9-8-17-14-19(30-13-7-5-4-6-12-25-31-2)10-11-20(17)22-15-23(27)21(24(28)29)16-26(18)22/h10-11,14-16,18,25H,3-9,12-13H2,1-2H3,(H,28,29). The molecule has 31 heavy (non-hydrogen) atoms. The van der Waals surface area contributed by atoms with Crippen molar-refractivity contribution in [1.82, 2.24) is 9.29 Å². The number of pyridine rings is 1. The van der Waals surface area contributed by atoms with E-state index < -0.39 is 11.4 Å². The second kappa shape index (κ2) is 11.4. The van der Waals surface area contributed by atoms with Crippen molar-refractivity contribution in [2.24, 2.45) is 0 Å². The van der Waals surface area contributed by atoms with E-state index in [1.165, 1.54) is 25.1 Å². The molecular weight excluding hydrogens is 412 g/mol. The average Bonchev–Trinajstić information content (AvgIpc) is 2.90. The van der Waals surface area contributed by atoms with Gasteiger partial charge in [0.05, 0.1) is 12.3 Å². The first-order chi connectivity index (χ1) is 15.0. The highest BCUT2D eigenvalue weighted by Crippen LogP contribution is 2.35. The molecule has 0 bridgehead atoms. The molecule has 2 heterocycles. The van der Waals surface area contributed by atoms with Crippen LogP contribution in [0.5, 0.6) is 5.75 Å². The smallest absolute Gasteiger partial charge is 0.341 e. The number of aryl methyl sites for hydroxylation is 1. The summed E-state index contributed by atoms with van der Waals surface area (Å²) in [5.41, 5.74) is 2.30. The summed E-state index contributed by atoms with van der Waals surface area (Å²) in [4.78, 5) is 23.8. The minimum absolute atomic E-state index is 0.158. The van der Waals surface area contributed by atoms with Crippen LogP contribution in [0.1, 0.15) is 67.4 Å². The Bertz CT molecular complexity index is 957. The molecule has 0 saturated heterocycles. The van der Waals surface area contributed by atoms with Gasteiger partial charge in [-0.25, -0.2) is 4.79 Å². The molecule has 6 nitrogen and oxygen atoms in total. The van der Waals surface area contributed by atoms with Crippen molar-refractivity contribution >= 4 is 17.9 Å². The fourth-order valence-corrected chi connectivity index (χ4v) is 4.50. The Hall–Kier alpha value is -2.25. The minimum atomic E-state index is -1.18. The van der Waals surface area contributed by atoms with Gasteiger partial charge in [0.15, 0.2) is 5.43 Å². The summed E-state index contributed by atoms with van der Waals surface area (Å²) in [6.07, 6.45) is 10.8. The van der Waals surface area contributed by atoms with E-state index in [0.717, 1.165) is 61.2 Å². The number of carboxylic acids is 1. The molecule has 1 aromatic carbocycles. The molecule has 0 aliphatic carbocycles. The van der Waals surface area contributed by atoms with Crippen molar-refractivity contribution < 1.29 is 14.6 Å². The molecule has 1 atom stereocenters. The van der Waals surface area contributed by atoms with Gasteiger partial charge >= 0.3 is 5.97 Å². The number of unbranched alkanes of at least 4 members (excludes halogenated alkanes) is 3. The molecule has 1 aliphatic heterocycles. The van der Waals surface area contributed by atoms with Crippen LogP contribution in [0, 0.1) is 0 Å². The number of nitrogens with one attached hydrogen (secondary N) is 1. The highest BCUT2D eigenvalue weighted by atomic mass is 32.2. The maximum Gasteiger partial charge on any atom is 0.341 e. The van der Waals surface area contributed by atoms with Crippen LogP contribution in [-0.2, 0) is 6.42 Å². The number of carbonyl (C=O) groups is 1. The molecule has 1 aliphatic rings. The molecule has 1 unspecified atom stereocenters. The van der Waals surface area contributed by atoms with Gasteiger partial charge in [-0.2, -0.15) is 0 Å². The topological polar surface area (TPSA) is 80.6 Å². The largest absolute Gasteiger partial charge is 0.494 e. The zero-order valence-electron chi connectivity index (χ0n) is 18.4. The van der Waals surface area contributed by atoms with Crippen LogP contribution in [0.3, 0.4) is 0 Å². The number of rotatable bonds is 11. The zero-order valence-corrected chi connectivity index (χ0v) is 19.2. The van der Waals surface area contributed by atoms with Gasteiger partial charge < -0.3 is 14.4 Å². The van der Waals surface area contributed by atoms with E-state index >= 15 is 0 Å². The number of nitrogens with zero attached hydrogens (tertiary/aromatic N) is 1. The van der Waals surface area contributed by atoms with E-state index in [9.17, 15) is 14.7 Å². The van der Waals surface area contributed by atoms with Crippen LogP contribution in [0.25, 0.3) is 11.3 Å². The van der Waals surface area contributed by atoms with Gasteiger partial charge in [0.25, 0.3) is 0 Å². The van der Waals surface area contributed by atoms with Crippen molar-refractivity contribution in [3.63, 3.8) is 0 Å². The van der Waals surface area contributed by atoms with Gasteiger partial charge in [0.2, 0.25) is 0 Å². The molecule has 0 saturated carbocycles. The maximum absolute atomic E-state index is 12.4. The zero-order chi connectivity index (χ0) is 22.2. The lowest BCUT2D eigenvalue weighted by atomic mass is 10.00. The normalized spacial score (nSPS) is 15.1. The van der Waals surface area contributed by atoms with Crippen LogP contribution >= 0.6 is 11.9 Å². The molecule has 168 valence electrons. The Labute approximate surface area is 188 Å². The SMILES string of the molecule is CCC1CCc2cc(OCCCCCCNSC)ccc2-c2cc(=O)c(C(=O)O)cn21. The van der Waals surface area contributed by atoms with Gasteiger partial charge in [0.1, 0.15) is 11.3 Å². The molecule has 0 radical (unpaired) electrons. The molecule has 0 amide bonds. The summed E-state index contributed by atoms with van der Waals surface area (Å²) >= 11 is 1.66. The number of ether oxygens (including phenoxy) is 1. The lowest BCUT2D eigenvalue weighted by molar-refractivity contribution is 0.0694. The summed E-state index contributed by atoms with van der Waals surface area (Å²) < 4.78 is 11.2. The molecule has 0 fully saturated rings. The monoisotopic (exact) mass is 444 g/mol. The van der Waals surface area contributed by atoms with Crippen molar-refractivity contribution in [1.29, 1.82) is 0 Å². The van der Waals surface area contributed by atoms with Crippen LogP contribution in [0.15, 0.2) is 35.3 Å². The number of aromatic carboxylic acids is 1. The number of aromatic nitrogens is 1. The van der Waals surface area contributed by atoms with Gasteiger partial charge in [-0.3, -0.25) is 9.52 Å². The van der Waals surface area contributed by atoms with Crippen molar-refractivity contribution in [3.05, 3.63) is 51.8 Å². The predicted octanol–water partition coefficient (Wildman–Crippen LogP) is 4.92. The Morgan fingerprint density at radius 2 is 2.06 bits per heavy atom. The molecule has 1 aromatic heterocycles. The Morgan fingerprint density at radius 1 is 1.26 bits per heavy atom. The minimum Gasteiger partial charge on any atom is -0.494 e. The summed E-state index contributed by atoms with van der Waals surface area (Å²) in [6.45, 7) is 3.84. The number of benzene rings is 1. The van der Waals surface area contributed by atoms with Gasteiger partial charge in [-0.15, -0.1) is 0 Å². The summed E-state index contributed by atoms with van der Waals surface area (Å²) in [6, 6.07) is 7.67. The van der Waals surface area contributed by atoms with Gasteiger partial charge in [-0.1, -0.05) is 31.7 Å². The van der Waals surface area contributed by atoms with Crippen LogP contribution in [0.2, 0.25) is 0 Å². The Morgan fingerprint density at radius 3 is 2.81 bits per heavy atom. The molecule has 3 rings (SSSR count). The molecule has 2 aromatic rings. The first-order valence-electron chi connectivity index (χ1n) is 11.1. The van der Waals surface area contributed by atoms with E-state index in [2.05, 4.69) is 17.7 Å². The van der Waals surface area contributed by atoms with E-state index in [-0.39, 0.29) is 11.6 Å². The molecule has 0 spiro atoms. The number of fused-ring (bicyclic) bond motifs is 3. The number of carboxylic acid groups (broad SMARTS) is 1. The Balaban J connectivity index is 1.72. The molecular formula is C24H32N2O4S. The quantitative estimate of drug-likeness (QED) is 0.378. The van der Waals surface area contributed by atoms with E-state index in [4.69, 9.17) is 4.74 Å². The highest BCUT2D eigenvalue weighted by Gasteiger charge is 2.23. The average molecular weight is 445 g/mol. The molecule has 2 N–H and O–H groups in total. The number of hydrogen-bond donors (Lipinski definition) is 2. The lowest BCUT2D eigenvalue weighted by Gasteiger charge is -2.20. The fourth-order valence-electron chi connectivity index (χ4n) is 4.15. The van der Waals surface area contributed by atoms with E-state index in [0.29, 0.717) is 6.61 Å². The Kier molecular flexibility index (Phi) is 8.60. The van der Waals surface area contributed by atoms with Crippen molar-refractivity contribution in [2.75, 3.05) is 19.4 Å². The third-order valence-corrected chi connectivity index (χ3v) is 6.35.